The van der Waals surface area contributed by atoms with Crippen LogP contribution < -0.4 is 10.4 Å². The van der Waals surface area contributed by atoms with E-state index in [2.05, 4.69) is 45.9 Å². The van der Waals surface area contributed by atoms with Gasteiger partial charge in [-0.1, -0.05) is 6.92 Å². The molecular formula is C22H26N6O2. The highest BCUT2D eigenvalue weighted by Crippen LogP contribution is 2.32. The van der Waals surface area contributed by atoms with Crippen LogP contribution in [-0.2, 0) is 0 Å². The number of nitrogens with one attached hydrogen (secondary N) is 1. The zero-order valence-electron chi connectivity index (χ0n) is 17.6. The molecule has 0 radical (unpaired) electrons. The molecule has 0 amide bonds. The first-order chi connectivity index (χ1) is 14.6. The monoisotopic (exact) mass is 406 g/mol. The molecule has 0 spiro atoms. The van der Waals surface area contributed by atoms with Crippen LogP contribution in [0.5, 0.6) is 5.75 Å². The number of likely N-dealkylation sites (tertiary alicyclic amines) is 1. The fraction of sp³-hybridized carbons (Fsp3) is 0.409. The molecule has 1 aromatic carbocycles. The van der Waals surface area contributed by atoms with Crippen molar-refractivity contribution in [3.8, 4) is 16.9 Å². The van der Waals surface area contributed by atoms with Gasteiger partial charge in [0, 0.05) is 18.3 Å². The number of aryl methyl sites for hydroxylation is 1. The highest BCUT2D eigenvalue weighted by Gasteiger charge is 2.24. The zero-order valence-corrected chi connectivity index (χ0v) is 17.6. The molecule has 1 saturated heterocycles. The summed E-state index contributed by atoms with van der Waals surface area (Å²) in [6.07, 6.45) is 5.60. The molecule has 1 aliphatic rings. The second-order valence-corrected chi connectivity index (χ2v) is 8.00. The Bertz CT molecular complexity index is 1280. The summed E-state index contributed by atoms with van der Waals surface area (Å²) in [6, 6.07) is 6.34. The summed E-state index contributed by atoms with van der Waals surface area (Å²) in [5.74, 6) is 0.664. The average Bonchev–Trinajstić information content (AvgIpc) is 3.35. The SMILES string of the molecule is CCN1CCCC(n2c(=O)[nH]c3cc(-c4cc(OC)c5ncnn5c4)c(C)cc32)C1. The van der Waals surface area contributed by atoms with Crippen molar-refractivity contribution in [3.05, 3.63) is 46.8 Å². The van der Waals surface area contributed by atoms with Gasteiger partial charge in [0.05, 0.1) is 24.2 Å². The average molecular weight is 406 g/mol. The summed E-state index contributed by atoms with van der Waals surface area (Å²) in [5, 5.41) is 4.26. The lowest BCUT2D eigenvalue weighted by molar-refractivity contribution is 0.185. The minimum absolute atomic E-state index is 0.0335. The van der Waals surface area contributed by atoms with Gasteiger partial charge in [0.2, 0.25) is 0 Å². The summed E-state index contributed by atoms with van der Waals surface area (Å²) in [5.41, 5.74) is 5.56. The molecule has 1 aliphatic heterocycles. The van der Waals surface area contributed by atoms with Gasteiger partial charge in [-0.15, -0.1) is 0 Å². The van der Waals surface area contributed by atoms with Crippen LogP contribution in [0.25, 0.3) is 27.8 Å². The minimum Gasteiger partial charge on any atom is -0.493 e. The fourth-order valence-electron chi connectivity index (χ4n) is 4.67. The minimum atomic E-state index is -0.0335. The summed E-state index contributed by atoms with van der Waals surface area (Å²) < 4.78 is 9.18. The number of fused-ring (bicyclic) bond motifs is 2. The topological polar surface area (TPSA) is 80.5 Å². The Labute approximate surface area is 174 Å². The summed E-state index contributed by atoms with van der Waals surface area (Å²) >= 11 is 0. The van der Waals surface area contributed by atoms with Gasteiger partial charge in [-0.2, -0.15) is 5.10 Å². The molecular weight excluding hydrogens is 380 g/mol. The highest BCUT2D eigenvalue weighted by atomic mass is 16.5. The molecule has 1 N–H and O–H groups in total. The maximum absolute atomic E-state index is 12.9. The van der Waals surface area contributed by atoms with Gasteiger partial charge in [0.25, 0.3) is 0 Å². The number of benzene rings is 1. The standard InChI is InChI=1S/C22H26N6O2/c1-4-26-7-5-6-16(12-26)28-19-8-14(2)17(10-18(19)25-22(28)29)15-9-20(30-3)21-23-13-24-27(21)11-15/h8-11,13,16H,4-7,12H2,1-3H3,(H,25,29). The van der Waals surface area contributed by atoms with E-state index in [0.717, 1.165) is 60.2 Å². The number of hydrogen-bond acceptors (Lipinski definition) is 5. The third-order valence-electron chi connectivity index (χ3n) is 6.23. The van der Waals surface area contributed by atoms with Crippen molar-refractivity contribution in [2.75, 3.05) is 26.7 Å². The molecule has 30 heavy (non-hydrogen) atoms. The Hall–Kier alpha value is -3.13. The Morgan fingerprint density at radius 2 is 2.17 bits per heavy atom. The van der Waals surface area contributed by atoms with Gasteiger partial charge in [-0.25, -0.2) is 14.3 Å². The van der Waals surface area contributed by atoms with Crippen molar-refractivity contribution in [1.29, 1.82) is 0 Å². The van der Waals surface area contributed by atoms with Crippen LogP contribution in [0.15, 0.2) is 35.5 Å². The van der Waals surface area contributed by atoms with Crippen molar-refractivity contribution < 1.29 is 4.74 Å². The van der Waals surface area contributed by atoms with E-state index < -0.39 is 0 Å². The van der Waals surface area contributed by atoms with Crippen molar-refractivity contribution in [1.82, 2.24) is 29.0 Å². The van der Waals surface area contributed by atoms with E-state index in [4.69, 9.17) is 4.74 Å². The largest absolute Gasteiger partial charge is 0.493 e. The fourth-order valence-corrected chi connectivity index (χ4v) is 4.67. The van der Waals surface area contributed by atoms with Gasteiger partial charge in [0.1, 0.15) is 6.33 Å². The number of aromatic nitrogens is 5. The quantitative estimate of drug-likeness (QED) is 0.564. The summed E-state index contributed by atoms with van der Waals surface area (Å²) in [6.45, 7) is 7.30. The number of methoxy groups -OCH3 is 1. The number of ether oxygens (including phenoxy) is 1. The van der Waals surface area contributed by atoms with Gasteiger partial charge in [-0.05, 0) is 62.2 Å². The number of hydrogen-bond donors (Lipinski definition) is 1. The number of likely N-dealkylation sites (N-methyl/N-ethyl adjacent to an activating group) is 1. The smallest absolute Gasteiger partial charge is 0.326 e. The van der Waals surface area contributed by atoms with Gasteiger partial charge >= 0.3 is 5.69 Å². The van der Waals surface area contributed by atoms with Crippen molar-refractivity contribution >= 4 is 16.7 Å². The van der Waals surface area contributed by atoms with Crippen molar-refractivity contribution in [2.24, 2.45) is 0 Å². The van der Waals surface area contributed by atoms with E-state index in [1.54, 1.807) is 11.6 Å². The maximum atomic E-state index is 12.9. The van der Waals surface area contributed by atoms with E-state index in [1.807, 2.05) is 16.8 Å². The molecule has 1 fully saturated rings. The Morgan fingerprint density at radius 1 is 1.30 bits per heavy atom. The highest BCUT2D eigenvalue weighted by molar-refractivity contribution is 5.85. The lowest BCUT2D eigenvalue weighted by Crippen LogP contribution is -2.39. The molecule has 5 rings (SSSR count). The molecule has 156 valence electrons. The predicted octanol–water partition coefficient (Wildman–Crippen LogP) is 3.01. The van der Waals surface area contributed by atoms with Crippen molar-refractivity contribution in [3.63, 3.8) is 0 Å². The number of pyridine rings is 1. The summed E-state index contributed by atoms with van der Waals surface area (Å²) in [4.78, 5) is 22.6. The van der Waals surface area contributed by atoms with Crippen LogP contribution in [0.1, 0.15) is 31.4 Å². The number of piperidine rings is 1. The third-order valence-corrected chi connectivity index (χ3v) is 6.23. The van der Waals surface area contributed by atoms with Crippen LogP contribution in [0.3, 0.4) is 0 Å². The molecule has 0 bridgehead atoms. The van der Waals surface area contributed by atoms with E-state index in [1.165, 1.54) is 6.33 Å². The maximum Gasteiger partial charge on any atom is 0.326 e. The molecule has 4 heterocycles. The number of H-pyrrole nitrogens is 1. The van der Waals surface area contributed by atoms with Gasteiger partial charge in [0.15, 0.2) is 11.4 Å². The van der Waals surface area contributed by atoms with E-state index in [-0.39, 0.29) is 11.7 Å². The van der Waals surface area contributed by atoms with Crippen LogP contribution >= 0.6 is 0 Å². The Morgan fingerprint density at radius 3 is 2.97 bits per heavy atom. The Kier molecular flexibility index (Phi) is 4.58. The van der Waals surface area contributed by atoms with Gasteiger partial charge < -0.3 is 14.6 Å². The molecule has 4 aromatic rings. The first-order valence-corrected chi connectivity index (χ1v) is 10.4. The summed E-state index contributed by atoms with van der Waals surface area (Å²) in [7, 11) is 1.63. The van der Waals surface area contributed by atoms with Crippen LogP contribution in [-0.4, -0.2) is 55.8 Å². The first-order valence-electron chi connectivity index (χ1n) is 10.4. The van der Waals surface area contributed by atoms with E-state index in [9.17, 15) is 4.79 Å². The van der Waals surface area contributed by atoms with Crippen LogP contribution in [0.4, 0.5) is 0 Å². The van der Waals surface area contributed by atoms with Crippen LogP contribution in [0, 0.1) is 6.92 Å². The molecule has 1 unspecified atom stereocenters. The normalized spacial score (nSPS) is 17.8. The molecule has 8 nitrogen and oxygen atoms in total. The van der Waals surface area contributed by atoms with Gasteiger partial charge in [-0.3, -0.25) is 4.57 Å². The molecule has 0 saturated carbocycles. The molecule has 8 heteroatoms. The number of rotatable bonds is 4. The second kappa shape index (κ2) is 7.28. The number of nitrogens with zero attached hydrogens (tertiary/aromatic N) is 5. The van der Waals surface area contributed by atoms with E-state index in [0.29, 0.717) is 11.4 Å². The van der Waals surface area contributed by atoms with E-state index >= 15 is 0 Å². The zero-order chi connectivity index (χ0) is 20.8. The number of imidazole rings is 1. The first kappa shape index (κ1) is 18.9. The molecule has 1 atom stereocenters. The molecule has 0 aliphatic carbocycles. The third kappa shape index (κ3) is 2.99. The Balaban J connectivity index is 1.63. The van der Waals surface area contributed by atoms with Crippen LogP contribution in [0.2, 0.25) is 0 Å². The lowest BCUT2D eigenvalue weighted by atomic mass is 10.0. The second-order valence-electron chi connectivity index (χ2n) is 8.00. The predicted molar refractivity (Wildman–Crippen MR) is 116 cm³/mol. The number of aromatic amines is 1. The lowest BCUT2D eigenvalue weighted by Gasteiger charge is -2.32. The molecule has 3 aromatic heterocycles. The van der Waals surface area contributed by atoms with Crippen molar-refractivity contribution in [2.45, 2.75) is 32.7 Å².